The van der Waals surface area contributed by atoms with E-state index in [1.54, 1.807) is 25.3 Å². The molecule has 1 atom stereocenters. The van der Waals surface area contributed by atoms with E-state index in [2.05, 4.69) is 15.6 Å². The SMILES string of the molecule is CCC(NC(=O)Cc1ccc(C)c(S(=O)(=O)NC(=O)NC)c1)c1ccc[nH]1. The van der Waals surface area contributed by atoms with Gasteiger partial charge in [0.2, 0.25) is 5.91 Å². The summed E-state index contributed by atoms with van der Waals surface area (Å²) in [5, 5.41) is 5.13. The van der Waals surface area contributed by atoms with Crippen LogP contribution in [0.15, 0.2) is 41.4 Å². The molecular formula is C18H24N4O4S. The van der Waals surface area contributed by atoms with Crippen molar-refractivity contribution in [3.8, 4) is 0 Å². The van der Waals surface area contributed by atoms with Crippen molar-refractivity contribution in [2.45, 2.75) is 37.6 Å². The molecule has 27 heavy (non-hydrogen) atoms. The van der Waals surface area contributed by atoms with Crippen molar-refractivity contribution in [1.29, 1.82) is 0 Å². The number of nitrogens with one attached hydrogen (secondary N) is 4. The van der Waals surface area contributed by atoms with Crippen LogP contribution in [0.2, 0.25) is 0 Å². The molecule has 0 saturated heterocycles. The average Bonchev–Trinajstić information content (AvgIpc) is 3.15. The second kappa shape index (κ2) is 8.72. The van der Waals surface area contributed by atoms with Gasteiger partial charge >= 0.3 is 6.03 Å². The highest BCUT2D eigenvalue weighted by Gasteiger charge is 2.21. The molecular weight excluding hydrogens is 368 g/mol. The normalized spacial score (nSPS) is 12.3. The van der Waals surface area contributed by atoms with Crippen LogP contribution in [0.3, 0.4) is 0 Å². The average molecular weight is 392 g/mol. The summed E-state index contributed by atoms with van der Waals surface area (Å²) < 4.78 is 26.6. The summed E-state index contributed by atoms with van der Waals surface area (Å²) in [6, 6.07) is 7.52. The second-order valence-electron chi connectivity index (χ2n) is 6.12. The number of hydrogen-bond donors (Lipinski definition) is 4. The van der Waals surface area contributed by atoms with Crippen molar-refractivity contribution in [3.05, 3.63) is 53.3 Å². The lowest BCUT2D eigenvalue weighted by atomic mass is 10.1. The zero-order valence-corrected chi connectivity index (χ0v) is 16.3. The topological polar surface area (TPSA) is 120 Å². The summed E-state index contributed by atoms with van der Waals surface area (Å²) in [5.41, 5.74) is 1.93. The third-order valence-corrected chi connectivity index (χ3v) is 5.57. The van der Waals surface area contributed by atoms with Crippen molar-refractivity contribution in [3.63, 3.8) is 0 Å². The van der Waals surface area contributed by atoms with Crippen molar-refractivity contribution >= 4 is 22.0 Å². The Bertz CT molecular complexity index is 907. The van der Waals surface area contributed by atoms with E-state index in [1.807, 2.05) is 23.8 Å². The van der Waals surface area contributed by atoms with Crippen molar-refractivity contribution < 1.29 is 18.0 Å². The molecule has 0 saturated carbocycles. The quantitative estimate of drug-likeness (QED) is 0.574. The first-order chi connectivity index (χ1) is 12.8. The number of aryl methyl sites for hydroxylation is 1. The lowest BCUT2D eigenvalue weighted by Crippen LogP contribution is -2.37. The van der Waals surface area contributed by atoms with Gasteiger partial charge in [-0.25, -0.2) is 17.9 Å². The van der Waals surface area contributed by atoms with E-state index in [9.17, 15) is 18.0 Å². The number of H-pyrrole nitrogens is 1. The Morgan fingerprint density at radius 3 is 2.56 bits per heavy atom. The molecule has 8 nitrogen and oxygen atoms in total. The Kier molecular flexibility index (Phi) is 6.62. The fourth-order valence-corrected chi connectivity index (χ4v) is 3.92. The summed E-state index contributed by atoms with van der Waals surface area (Å²) >= 11 is 0. The number of aromatic nitrogens is 1. The molecule has 1 heterocycles. The number of carbonyl (C=O) groups excluding carboxylic acids is 2. The van der Waals surface area contributed by atoms with Gasteiger partial charge in [0.15, 0.2) is 0 Å². The van der Waals surface area contributed by atoms with E-state index in [4.69, 9.17) is 0 Å². The summed E-state index contributed by atoms with van der Waals surface area (Å²) in [6.07, 6.45) is 2.54. The number of hydrogen-bond acceptors (Lipinski definition) is 4. The third-order valence-electron chi connectivity index (χ3n) is 4.10. The summed E-state index contributed by atoms with van der Waals surface area (Å²) in [5.74, 6) is -0.220. The molecule has 0 spiro atoms. The maximum absolute atomic E-state index is 12.4. The molecule has 2 rings (SSSR count). The summed E-state index contributed by atoms with van der Waals surface area (Å²) in [4.78, 5) is 26.8. The smallest absolute Gasteiger partial charge is 0.328 e. The molecule has 0 bridgehead atoms. The van der Waals surface area contributed by atoms with Gasteiger partial charge in [0, 0.05) is 18.9 Å². The molecule has 0 aliphatic rings. The molecule has 9 heteroatoms. The summed E-state index contributed by atoms with van der Waals surface area (Å²) in [6.45, 7) is 3.59. The highest BCUT2D eigenvalue weighted by molar-refractivity contribution is 7.90. The van der Waals surface area contributed by atoms with E-state index in [0.717, 1.165) is 12.1 Å². The van der Waals surface area contributed by atoms with Gasteiger partial charge in [0.25, 0.3) is 10.0 Å². The number of amides is 3. The largest absolute Gasteiger partial charge is 0.363 e. The van der Waals surface area contributed by atoms with Crippen molar-refractivity contribution in [1.82, 2.24) is 20.3 Å². The molecule has 1 aromatic carbocycles. The summed E-state index contributed by atoms with van der Waals surface area (Å²) in [7, 11) is -2.70. The van der Waals surface area contributed by atoms with Gasteiger partial charge in [0.1, 0.15) is 0 Å². The molecule has 2 aromatic rings. The third kappa shape index (κ3) is 5.33. The fourth-order valence-electron chi connectivity index (χ4n) is 2.66. The van der Waals surface area contributed by atoms with E-state index in [0.29, 0.717) is 11.1 Å². The fraction of sp³-hybridized carbons (Fsp3) is 0.333. The van der Waals surface area contributed by atoms with Crippen LogP contribution in [0.25, 0.3) is 0 Å². The standard InChI is InChI=1S/C18H24N4O4S/c1-4-14(15-6-5-9-20-15)21-17(23)11-13-8-7-12(2)16(10-13)27(25,26)22-18(24)19-3/h5-10,14,20H,4,11H2,1-3H3,(H,21,23)(H2,19,22,24). The highest BCUT2D eigenvalue weighted by atomic mass is 32.2. The first-order valence-corrected chi connectivity index (χ1v) is 10.0. The van der Waals surface area contributed by atoms with Crippen molar-refractivity contribution in [2.75, 3.05) is 7.05 Å². The number of aromatic amines is 1. The first-order valence-electron chi connectivity index (χ1n) is 8.53. The highest BCUT2D eigenvalue weighted by Crippen LogP contribution is 2.18. The van der Waals surface area contributed by atoms with Crippen LogP contribution >= 0.6 is 0 Å². The molecule has 0 fully saturated rings. The second-order valence-corrected chi connectivity index (χ2v) is 7.77. The molecule has 3 amide bonds. The van der Waals surface area contributed by atoms with Crippen LogP contribution in [0.4, 0.5) is 4.79 Å². The lowest BCUT2D eigenvalue weighted by molar-refractivity contribution is -0.121. The van der Waals surface area contributed by atoms with Gasteiger partial charge in [-0.2, -0.15) is 0 Å². The molecule has 0 aliphatic heterocycles. The maximum Gasteiger partial charge on any atom is 0.328 e. The zero-order valence-electron chi connectivity index (χ0n) is 15.5. The van der Waals surface area contributed by atoms with Gasteiger partial charge < -0.3 is 15.6 Å². The lowest BCUT2D eigenvalue weighted by Gasteiger charge is -2.16. The monoisotopic (exact) mass is 392 g/mol. The van der Waals surface area contributed by atoms with E-state index in [-0.39, 0.29) is 23.3 Å². The van der Waals surface area contributed by atoms with Crippen LogP contribution in [-0.2, 0) is 21.2 Å². The molecule has 1 unspecified atom stereocenters. The van der Waals surface area contributed by atoms with Gasteiger partial charge in [-0.15, -0.1) is 0 Å². The van der Waals surface area contributed by atoms with Gasteiger partial charge in [0.05, 0.1) is 17.4 Å². The Hall–Kier alpha value is -2.81. The first kappa shape index (κ1) is 20.5. The van der Waals surface area contributed by atoms with E-state index >= 15 is 0 Å². The van der Waals surface area contributed by atoms with Crippen LogP contribution in [0.5, 0.6) is 0 Å². The van der Waals surface area contributed by atoms with E-state index < -0.39 is 16.1 Å². The molecule has 146 valence electrons. The zero-order chi connectivity index (χ0) is 20.0. The predicted octanol–water partition coefficient (Wildman–Crippen LogP) is 1.75. The Balaban J connectivity index is 2.15. The van der Waals surface area contributed by atoms with Crippen molar-refractivity contribution in [2.24, 2.45) is 0 Å². The van der Waals surface area contributed by atoms with Crippen LogP contribution in [-0.4, -0.2) is 32.4 Å². The minimum atomic E-state index is -4.02. The van der Waals surface area contributed by atoms with Gasteiger partial charge in [-0.1, -0.05) is 19.1 Å². The molecule has 0 radical (unpaired) electrons. The number of carbonyl (C=O) groups is 2. The molecule has 0 aliphatic carbocycles. The van der Waals surface area contributed by atoms with Crippen LogP contribution in [0.1, 0.15) is 36.2 Å². The van der Waals surface area contributed by atoms with Gasteiger partial charge in [-0.3, -0.25) is 4.79 Å². The predicted molar refractivity (Wildman–Crippen MR) is 102 cm³/mol. The van der Waals surface area contributed by atoms with Crippen LogP contribution in [0, 0.1) is 6.92 Å². The maximum atomic E-state index is 12.4. The Labute approximate surface area is 158 Å². The van der Waals surface area contributed by atoms with Crippen LogP contribution < -0.4 is 15.4 Å². The number of rotatable bonds is 7. The molecule has 4 N–H and O–H groups in total. The number of benzene rings is 1. The van der Waals surface area contributed by atoms with Gasteiger partial charge in [-0.05, 0) is 42.7 Å². The minimum Gasteiger partial charge on any atom is -0.363 e. The number of urea groups is 1. The number of sulfonamides is 1. The van der Waals surface area contributed by atoms with E-state index in [1.165, 1.54) is 13.1 Å². The Morgan fingerprint density at radius 2 is 1.96 bits per heavy atom. The molecule has 1 aromatic heterocycles. The Morgan fingerprint density at radius 1 is 1.22 bits per heavy atom. The minimum absolute atomic E-state index is 0.0278.